The monoisotopic (exact) mass is 399 g/mol. The molecule has 0 radical (unpaired) electrons. The maximum Gasteiger partial charge on any atom is 0.314 e. The van der Waals surface area contributed by atoms with Gasteiger partial charge in [0.2, 0.25) is 0 Å². The molecule has 1 heterocycles. The lowest BCUT2D eigenvalue weighted by Gasteiger charge is -2.34. The zero-order valence-corrected chi connectivity index (χ0v) is 16.7. The first-order valence-corrected chi connectivity index (χ1v) is 9.47. The van der Waals surface area contributed by atoms with Crippen LogP contribution in [0.4, 0.5) is 5.69 Å². The number of amides is 1. The first kappa shape index (κ1) is 20.6. The molecule has 0 atom stereocenters. The van der Waals surface area contributed by atoms with Crippen LogP contribution in [-0.4, -0.2) is 60.5 Å². The molecule has 1 fully saturated rings. The summed E-state index contributed by atoms with van der Waals surface area (Å²) in [6.07, 6.45) is 0. The van der Waals surface area contributed by atoms with E-state index < -0.39 is 4.92 Å². The van der Waals surface area contributed by atoms with E-state index in [0.29, 0.717) is 18.8 Å². The van der Waals surface area contributed by atoms with Gasteiger partial charge in [-0.2, -0.15) is 0 Å². The van der Waals surface area contributed by atoms with Crippen LogP contribution in [0.2, 0.25) is 0 Å². The van der Waals surface area contributed by atoms with E-state index in [4.69, 9.17) is 9.47 Å². The van der Waals surface area contributed by atoms with Crippen LogP contribution in [0.1, 0.15) is 11.1 Å². The van der Waals surface area contributed by atoms with Crippen molar-refractivity contribution >= 4 is 11.6 Å². The lowest BCUT2D eigenvalue weighted by Crippen LogP contribution is -2.49. The molecule has 1 aliphatic rings. The third kappa shape index (κ3) is 5.45. The number of nitro benzene ring substituents is 1. The molecule has 0 spiro atoms. The molecule has 1 saturated heterocycles. The lowest BCUT2D eigenvalue weighted by molar-refractivity contribution is -0.385. The quantitative estimate of drug-likeness (QED) is 0.526. The molecule has 1 aliphatic heterocycles. The number of aryl methyl sites for hydroxylation is 1. The fourth-order valence-electron chi connectivity index (χ4n) is 3.34. The fraction of sp³-hybridized carbons (Fsp3) is 0.381. The number of piperazine rings is 1. The van der Waals surface area contributed by atoms with Crippen LogP contribution >= 0.6 is 0 Å². The molecule has 0 aliphatic carbocycles. The SMILES string of the molecule is COc1ccc(OCC(=O)N2CCN(Cc3cccc(C)c3)CC2)c([N+](=O)[O-])c1. The number of carbonyl (C=O) groups is 1. The van der Waals surface area contributed by atoms with Gasteiger partial charge in [0.05, 0.1) is 18.1 Å². The zero-order chi connectivity index (χ0) is 20.8. The molecule has 0 unspecified atom stereocenters. The van der Waals surface area contributed by atoms with Crippen molar-refractivity contribution in [2.75, 3.05) is 39.9 Å². The average Bonchev–Trinajstić information content (AvgIpc) is 2.72. The van der Waals surface area contributed by atoms with Crippen LogP contribution in [-0.2, 0) is 11.3 Å². The Kier molecular flexibility index (Phi) is 6.66. The molecule has 8 nitrogen and oxygen atoms in total. The fourth-order valence-corrected chi connectivity index (χ4v) is 3.34. The predicted octanol–water partition coefficient (Wildman–Crippen LogP) is 2.64. The normalized spacial score (nSPS) is 14.5. The molecule has 0 saturated carbocycles. The van der Waals surface area contributed by atoms with Crippen LogP contribution in [0, 0.1) is 17.0 Å². The van der Waals surface area contributed by atoms with Gasteiger partial charge in [0.1, 0.15) is 5.75 Å². The first-order chi connectivity index (χ1) is 14.0. The molecule has 0 N–H and O–H groups in total. The molecule has 0 aromatic heterocycles. The minimum atomic E-state index is -0.549. The van der Waals surface area contributed by atoms with E-state index in [0.717, 1.165) is 19.6 Å². The Balaban J connectivity index is 1.51. The molecule has 29 heavy (non-hydrogen) atoms. The highest BCUT2D eigenvalue weighted by Gasteiger charge is 2.23. The Labute approximate surface area is 169 Å². The molecule has 8 heteroatoms. The van der Waals surface area contributed by atoms with Crippen molar-refractivity contribution in [2.24, 2.45) is 0 Å². The van der Waals surface area contributed by atoms with Crippen molar-refractivity contribution in [3.63, 3.8) is 0 Å². The second kappa shape index (κ2) is 9.38. The van der Waals surface area contributed by atoms with Gasteiger partial charge in [-0.25, -0.2) is 0 Å². The van der Waals surface area contributed by atoms with E-state index in [2.05, 4.69) is 36.1 Å². The number of rotatable bonds is 7. The number of carbonyl (C=O) groups excluding carboxylic acids is 1. The molecule has 2 aromatic carbocycles. The van der Waals surface area contributed by atoms with Gasteiger partial charge < -0.3 is 14.4 Å². The molecular formula is C21H25N3O5. The second-order valence-electron chi connectivity index (χ2n) is 7.03. The minimum Gasteiger partial charge on any atom is -0.496 e. The summed E-state index contributed by atoms with van der Waals surface area (Å²) >= 11 is 0. The van der Waals surface area contributed by atoms with E-state index in [9.17, 15) is 14.9 Å². The summed E-state index contributed by atoms with van der Waals surface area (Å²) in [6.45, 7) is 5.48. The Morgan fingerprint density at radius 1 is 1.14 bits per heavy atom. The van der Waals surface area contributed by atoms with Crippen LogP contribution < -0.4 is 9.47 Å². The van der Waals surface area contributed by atoms with Crippen molar-refractivity contribution in [1.82, 2.24) is 9.80 Å². The highest BCUT2D eigenvalue weighted by molar-refractivity contribution is 5.78. The third-order valence-electron chi connectivity index (χ3n) is 4.93. The summed E-state index contributed by atoms with van der Waals surface area (Å²) in [5, 5.41) is 11.2. The van der Waals surface area contributed by atoms with Gasteiger partial charge in [0.15, 0.2) is 12.4 Å². The van der Waals surface area contributed by atoms with Crippen LogP contribution in [0.25, 0.3) is 0 Å². The standard InChI is InChI=1S/C21H25N3O5/c1-16-4-3-5-17(12-16)14-22-8-10-23(11-9-22)21(25)15-29-20-7-6-18(28-2)13-19(20)24(26)27/h3-7,12-13H,8-11,14-15H2,1-2H3. The summed E-state index contributed by atoms with van der Waals surface area (Å²) in [7, 11) is 1.43. The van der Waals surface area contributed by atoms with Gasteiger partial charge in [-0.05, 0) is 24.6 Å². The molecular weight excluding hydrogens is 374 g/mol. The number of hydrogen-bond donors (Lipinski definition) is 0. The number of ether oxygens (including phenoxy) is 2. The van der Waals surface area contributed by atoms with Crippen molar-refractivity contribution < 1.29 is 19.2 Å². The van der Waals surface area contributed by atoms with E-state index in [1.807, 2.05) is 0 Å². The summed E-state index contributed by atoms with van der Waals surface area (Å²) < 4.78 is 10.4. The Hall–Kier alpha value is -3.13. The van der Waals surface area contributed by atoms with E-state index >= 15 is 0 Å². The number of hydrogen-bond acceptors (Lipinski definition) is 6. The number of methoxy groups -OCH3 is 1. The summed E-state index contributed by atoms with van der Waals surface area (Å²) in [5.41, 5.74) is 2.28. The molecule has 0 bridgehead atoms. The Morgan fingerprint density at radius 3 is 2.55 bits per heavy atom. The second-order valence-corrected chi connectivity index (χ2v) is 7.03. The van der Waals surface area contributed by atoms with E-state index in [1.165, 1.54) is 30.4 Å². The largest absolute Gasteiger partial charge is 0.496 e. The number of nitro groups is 1. The maximum absolute atomic E-state index is 12.5. The summed E-state index contributed by atoms with van der Waals surface area (Å²) in [6, 6.07) is 12.7. The van der Waals surface area contributed by atoms with Gasteiger partial charge in [0.25, 0.3) is 5.91 Å². The molecule has 2 aromatic rings. The lowest BCUT2D eigenvalue weighted by atomic mass is 10.1. The number of benzene rings is 2. The van der Waals surface area contributed by atoms with Crippen LogP contribution in [0.5, 0.6) is 11.5 Å². The van der Waals surface area contributed by atoms with Gasteiger partial charge >= 0.3 is 5.69 Å². The van der Waals surface area contributed by atoms with Crippen molar-refractivity contribution in [1.29, 1.82) is 0 Å². The van der Waals surface area contributed by atoms with Crippen molar-refractivity contribution in [3.8, 4) is 11.5 Å². The van der Waals surface area contributed by atoms with Gasteiger partial charge in [-0.3, -0.25) is 19.8 Å². The highest BCUT2D eigenvalue weighted by Crippen LogP contribution is 2.31. The molecule has 3 rings (SSSR count). The van der Waals surface area contributed by atoms with Crippen molar-refractivity contribution in [2.45, 2.75) is 13.5 Å². The highest BCUT2D eigenvalue weighted by atomic mass is 16.6. The van der Waals surface area contributed by atoms with Crippen molar-refractivity contribution in [3.05, 3.63) is 63.7 Å². The van der Waals surface area contributed by atoms with Crippen LogP contribution in [0.3, 0.4) is 0 Å². The van der Waals surface area contributed by atoms with E-state index in [-0.39, 0.29) is 24.0 Å². The van der Waals surface area contributed by atoms with Gasteiger partial charge in [-0.1, -0.05) is 29.8 Å². The predicted molar refractivity (Wildman–Crippen MR) is 108 cm³/mol. The smallest absolute Gasteiger partial charge is 0.314 e. The van der Waals surface area contributed by atoms with Gasteiger partial charge in [0, 0.05) is 32.7 Å². The topological polar surface area (TPSA) is 85.2 Å². The van der Waals surface area contributed by atoms with E-state index in [1.54, 1.807) is 11.0 Å². The molecule has 154 valence electrons. The number of nitrogens with zero attached hydrogens (tertiary/aromatic N) is 3. The zero-order valence-electron chi connectivity index (χ0n) is 16.7. The summed E-state index contributed by atoms with van der Waals surface area (Å²) in [5.74, 6) is 0.243. The molecule has 1 amide bonds. The summed E-state index contributed by atoms with van der Waals surface area (Å²) in [4.78, 5) is 27.2. The van der Waals surface area contributed by atoms with Gasteiger partial charge in [-0.15, -0.1) is 0 Å². The van der Waals surface area contributed by atoms with Crippen LogP contribution in [0.15, 0.2) is 42.5 Å². The Morgan fingerprint density at radius 2 is 1.90 bits per heavy atom. The third-order valence-corrected chi connectivity index (χ3v) is 4.93. The average molecular weight is 399 g/mol. The first-order valence-electron chi connectivity index (χ1n) is 9.47. The minimum absolute atomic E-state index is 0.0576. The maximum atomic E-state index is 12.5. The Bertz CT molecular complexity index is 878.